The molecule has 4 nitrogen and oxygen atoms in total. The van der Waals surface area contributed by atoms with Crippen LogP contribution in [-0.2, 0) is 0 Å². The van der Waals surface area contributed by atoms with Crippen LogP contribution in [0.15, 0.2) is 48.7 Å². The monoisotopic (exact) mass is 358 g/mol. The third-order valence-electron chi connectivity index (χ3n) is 3.66. The number of amides is 2. The quantitative estimate of drug-likeness (QED) is 0.756. The van der Waals surface area contributed by atoms with E-state index < -0.39 is 0 Å². The van der Waals surface area contributed by atoms with E-state index in [9.17, 15) is 4.79 Å². The van der Waals surface area contributed by atoms with Crippen molar-refractivity contribution in [3.63, 3.8) is 0 Å². The van der Waals surface area contributed by atoms with Gasteiger partial charge in [0.15, 0.2) is 0 Å². The molecule has 2 rings (SSSR count). The van der Waals surface area contributed by atoms with Crippen LogP contribution in [0.2, 0.25) is 5.02 Å². The van der Waals surface area contributed by atoms with Crippen molar-refractivity contribution in [2.45, 2.75) is 26.8 Å². The number of ether oxygens (including phenoxy) is 1. The summed E-state index contributed by atoms with van der Waals surface area (Å²) in [5.41, 5.74) is 2.91. The van der Waals surface area contributed by atoms with E-state index in [1.807, 2.05) is 57.2 Å². The lowest BCUT2D eigenvalue weighted by molar-refractivity contribution is 0.241. The van der Waals surface area contributed by atoms with Crippen LogP contribution >= 0.6 is 11.6 Å². The highest BCUT2D eigenvalue weighted by atomic mass is 35.5. The minimum atomic E-state index is -0.292. The molecule has 0 aromatic heterocycles. The predicted octanol–water partition coefficient (Wildman–Crippen LogP) is 5.08. The molecule has 1 atom stereocenters. The van der Waals surface area contributed by atoms with Gasteiger partial charge in [-0.1, -0.05) is 47.5 Å². The first-order valence-electron chi connectivity index (χ1n) is 8.22. The van der Waals surface area contributed by atoms with Gasteiger partial charge in [0.05, 0.1) is 12.6 Å². The van der Waals surface area contributed by atoms with Crippen LogP contribution in [0.3, 0.4) is 0 Å². The summed E-state index contributed by atoms with van der Waals surface area (Å²) >= 11 is 6.07. The Morgan fingerprint density at radius 3 is 2.76 bits per heavy atom. The Morgan fingerprint density at radius 1 is 1.28 bits per heavy atom. The van der Waals surface area contributed by atoms with Gasteiger partial charge >= 0.3 is 6.03 Å². The summed E-state index contributed by atoms with van der Waals surface area (Å²) in [6, 6.07) is 12.9. The summed E-state index contributed by atoms with van der Waals surface area (Å²) in [6.07, 6.45) is 3.33. The Labute approximate surface area is 153 Å². The molecule has 0 aliphatic carbocycles. The second-order valence-corrected chi connectivity index (χ2v) is 6.08. The van der Waals surface area contributed by atoms with E-state index in [1.54, 1.807) is 18.3 Å². The van der Waals surface area contributed by atoms with Crippen LogP contribution in [-0.4, -0.2) is 12.6 Å². The van der Waals surface area contributed by atoms with Crippen molar-refractivity contribution in [3.05, 3.63) is 70.4 Å². The molecule has 2 N–H and O–H groups in total. The molecule has 0 aliphatic rings. The summed E-state index contributed by atoms with van der Waals surface area (Å²) in [4.78, 5) is 12.1. The normalized spacial score (nSPS) is 12.0. The number of nitrogens with one attached hydrogen (secondary N) is 2. The second-order valence-electron chi connectivity index (χ2n) is 5.67. The van der Waals surface area contributed by atoms with E-state index in [0.29, 0.717) is 11.6 Å². The fourth-order valence-corrected chi connectivity index (χ4v) is 2.63. The van der Waals surface area contributed by atoms with Crippen molar-refractivity contribution in [2.75, 3.05) is 6.61 Å². The van der Waals surface area contributed by atoms with Gasteiger partial charge in [0.25, 0.3) is 0 Å². The van der Waals surface area contributed by atoms with Gasteiger partial charge in [0.2, 0.25) is 0 Å². The molecule has 5 heteroatoms. The maximum absolute atomic E-state index is 12.1. The maximum atomic E-state index is 12.1. The highest BCUT2D eigenvalue weighted by molar-refractivity contribution is 6.32. The zero-order valence-corrected chi connectivity index (χ0v) is 15.4. The molecule has 1 unspecified atom stereocenters. The predicted molar refractivity (Wildman–Crippen MR) is 103 cm³/mol. The highest BCUT2D eigenvalue weighted by Crippen LogP contribution is 2.26. The highest BCUT2D eigenvalue weighted by Gasteiger charge is 2.14. The van der Waals surface area contributed by atoms with Crippen LogP contribution < -0.4 is 15.4 Å². The molecular formula is C20H23ClN2O2. The van der Waals surface area contributed by atoms with Gasteiger partial charge in [0.1, 0.15) is 5.75 Å². The molecule has 0 saturated carbocycles. The number of aryl methyl sites for hydroxylation is 1. The van der Waals surface area contributed by atoms with Gasteiger partial charge in [0, 0.05) is 16.8 Å². The number of halogens is 1. The molecule has 0 aliphatic heterocycles. The number of rotatable bonds is 6. The van der Waals surface area contributed by atoms with E-state index in [4.69, 9.17) is 16.3 Å². The zero-order chi connectivity index (χ0) is 18.2. The number of carbonyl (C=O) groups is 1. The van der Waals surface area contributed by atoms with Gasteiger partial charge < -0.3 is 15.4 Å². The van der Waals surface area contributed by atoms with Crippen LogP contribution in [0.25, 0.3) is 6.08 Å². The van der Waals surface area contributed by atoms with E-state index >= 15 is 0 Å². The largest absolute Gasteiger partial charge is 0.494 e. The molecule has 2 aromatic carbocycles. The van der Waals surface area contributed by atoms with E-state index in [0.717, 1.165) is 22.4 Å². The molecule has 2 amide bonds. The van der Waals surface area contributed by atoms with E-state index in [2.05, 4.69) is 10.6 Å². The summed E-state index contributed by atoms with van der Waals surface area (Å²) in [7, 11) is 0. The first-order valence-corrected chi connectivity index (χ1v) is 8.60. The van der Waals surface area contributed by atoms with Crippen molar-refractivity contribution in [1.29, 1.82) is 0 Å². The molecule has 0 saturated heterocycles. The number of benzene rings is 2. The van der Waals surface area contributed by atoms with E-state index in [1.165, 1.54) is 0 Å². The Morgan fingerprint density at radius 2 is 2.04 bits per heavy atom. The van der Waals surface area contributed by atoms with Gasteiger partial charge in [-0.2, -0.15) is 0 Å². The lowest BCUT2D eigenvalue weighted by Gasteiger charge is -2.18. The molecular weight excluding hydrogens is 336 g/mol. The fourth-order valence-electron chi connectivity index (χ4n) is 2.43. The van der Waals surface area contributed by atoms with Crippen LogP contribution in [0, 0.1) is 6.92 Å². The van der Waals surface area contributed by atoms with Crippen LogP contribution in [0.1, 0.15) is 36.6 Å². The molecule has 0 fully saturated rings. The SMILES string of the molecule is CCOc1ccc(C)cc1C(C)NC(=O)N/C=C/c1ccccc1Cl. The number of hydrogen-bond donors (Lipinski definition) is 2. The van der Waals surface area contributed by atoms with Gasteiger partial charge in [-0.15, -0.1) is 0 Å². The fraction of sp³-hybridized carbons (Fsp3) is 0.250. The first kappa shape index (κ1) is 18.9. The van der Waals surface area contributed by atoms with Crippen molar-refractivity contribution in [2.24, 2.45) is 0 Å². The summed E-state index contributed by atoms with van der Waals surface area (Å²) < 4.78 is 5.65. The Kier molecular flexibility index (Phi) is 6.90. The number of urea groups is 1. The minimum absolute atomic E-state index is 0.185. The van der Waals surface area contributed by atoms with Crippen LogP contribution in [0.5, 0.6) is 5.75 Å². The van der Waals surface area contributed by atoms with Gasteiger partial charge in [-0.25, -0.2) is 4.79 Å². The molecule has 2 aromatic rings. The number of hydrogen-bond acceptors (Lipinski definition) is 2. The maximum Gasteiger partial charge on any atom is 0.319 e. The lowest BCUT2D eigenvalue weighted by Crippen LogP contribution is -2.34. The minimum Gasteiger partial charge on any atom is -0.494 e. The molecule has 0 bridgehead atoms. The number of carbonyl (C=O) groups excluding carboxylic acids is 1. The van der Waals surface area contributed by atoms with Crippen molar-refractivity contribution in [1.82, 2.24) is 10.6 Å². The summed E-state index contributed by atoms with van der Waals surface area (Å²) in [5, 5.41) is 6.24. The van der Waals surface area contributed by atoms with Gasteiger partial charge in [-0.3, -0.25) is 0 Å². The third-order valence-corrected chi connectivity index (χ3v) is 4.01. The Balaban J connectivity index is 1.98. The molecule has 0 radical (unpaired) electrons. The van der Waals surface area contributed by atoms with Crippen molar-refractivity contribution in [3.8, 4) is 5.75 Å². The lowest BCUT2D eigenvalue weighted by atomic mass is 10.0. The second kappa shape index (κ2) is 9.14. The average molecular weight is 359 g/mol. The summed E-state index contributed by atoms with van der Waals surface area (Å²) in [6.45, 7) is 6.45. The van der Waals surface area contributed by atoms with Crippen LogP contribution in [0.4, 0.5) is 4.79 Å². The van der Waals surface area contributed by atoms with E-state index in [-0.39, 0.29) is 12.1 Å². The molecule has 0 heterocycles. The third kappa shape index (κ3) is 5.54. The zero-order valence-electron chi connectivity index (χ0n) is 14.7. The Bertz CT molecular complexity index is 759. The summed E-state index contributed by atoms with van der Waals surface area (Å²) in [5.74, 6) is 0.785. The Hall–Kier alpha value is -2.46. The first-order chi connectivity index (χ1) is 12.0. The smallest absolute Gasteiger partial charge is 0.319 e. The molecule has 25 heavy (non-hydrogen) atoms. The topological polar surface area (TPSA) is 50.4 Å². The molecule has 0 spiro atoms. The van der Waals surface area contributed by atoms with Gasteiger partial charge in [-0.05, 0) is 44.5 Å². The van der Waals surface area contributed by atoms with Crippen molar-refractivity contribution < 1.29 is 9.53 Å². The average Bonchev–Trinajstić information content (AvgIpc) is 2.58. The standard InChI is InChI=1S/C20H23ClN2O2/c1-4-25-19-10-9-14(2)13-17(19)15(3)23-20(24)22-12-11-16-7-5-6-8-18(16)21/h5-13,15H,4H2,1-3H3,(H2,22,23,24)/b12-11+. The van der Waals surface area contributed by atoms with Crippen molar-refractivity contribution >= 4 is 23.7 Å². The molecule has 132 valence electrons.